The summed E-state index contributed by atoms with van der Waals surface area (Å²) in [5, 5.41) is 19.3. The van der Waals surface area contributed by atoms with E-state index in [2.05, 4.69) is 42.9 Å². The highest BCUT2D eigenvalue weighted by Gasteiger charge is 2.25. The van der Waals surface area contributed by atoms with Gasteiger partial charge in [-0.15, -0.1) is 0 Å². The normalized spacial score (nSPS) is 18.0. The molecule has 0 amide bonds. The van der Waals surface area contributed by atoms with Crippen LogP contribution in [0.1, 0.15) is 26.7 Å². The molecule has 0 aliphatic rings. The molecule has 0 aromatic rings. The quantitative estimate of drug-likeness (QED) is 0.457. The van der Waals surface area contributed by atoms with Crippen LogP contribution >= 0.6 is 0 Å². The topological polar surface area (TPSA) is 76.2 Å². The molecular formula is C16H38N4O2. The van der Waals surface area contributed by atoms with Crippen LogP contribution in [0.3, 0.4) is 0 Å². The predicted octanol–water partition coefficient (Wildman–Crippen LogP) is -0.351. The number of aliphatic hydroxyl groups is 2. The van der Waals surface area contributed by atoms with Crippen molar-refractivity contribution in [3.63, 3.8) is 0 Å². The van der Waals surface area contributed by atoms with Crippen LogP contribution in [0.15, 0.2) is 0 Å². The van der Waals surface area contributed by atoms with Crippen molar-refractivity contribution in [2.24, 2.45) is 5.73 Å². The predicted molar refractivity (Wildman–Crippen MR) is 93.0 cm³/mol. The van der Waals surface area contributed by atoms with Gasteiger partial charge in [0.05, 0.1) is 12.2 Å². The summed E-state index contributed by atoms with van der Waals surface area (Å²) >= 11 is 0. The number of aliphatic hydroxyl groups excluding tert-OH is 2. The van der Waals surface area contributed by atoms with E-state index in [0.29, 0.717) is 31.7 Å². The lowest BCUT2D eigenvalue weighted by Crippen LogP contribution is -2.49. The van der Waals surface area contributed by atoms with Gasteiger partial charge in [-0.25, -0.2) is 0 Å². The zero-order chi connectivity index (χ0) is 17.3. The van der Waals surface area contributed by atoms with Gasteiger partial charge in [-0.3, -0.25) is 4.90 Å². The summed E-state index contributed by atoms with van der Waals surface area (Å²) in [6.07, 6.45) is 1.17. The Morgan fingerprint density at radius 1 is 0.818 bits per heavy atom. The van der Waals surface area contributed by atoms with Crippen LogP contribution in [-0.2, 0) is 0 Å². The number of hydrogen-bond donors (Lipinski definition) is 3. The fourth-order valence-electron chi connectivity index (χ4n) is 3.08. The molecule has 0 aromatic heterocycles. The van der Waals surface area contributed by atoms with Crippen LogP contribution in [0.25, 0.3) is 0 Å². The largest absolute Gasteiger partial charge is 0.392 e. The van der Waals surface area contributed by atoms with E-state index in [1.165, 1.54) is 0 Å². The molecule has 0 aliphatic carbocycles. The highest BCUT2D eigenvalue weighted by atomic mass is 16.3. The second-order valence-corrected chi connectivity index (χ2v) is 6.89. The van der Waals surface area contributed by atoms with Crippen LogP contribution in [0.5, 0.6) is 0 Å². The van der Waals surface area contributed by atoms with Crippen molar-refractivity contribution < 1.29 is 10.2 Å². The molecule has 4 unspecified atom stereocenters. The van der Waals surface area contributed by atoms with E-state index >= 15 is 0 Å². The third-order valence-electron chi connectivity index (χ3n) is 4.02. The van der Waals surface area contributed by atoms with Gasteiger partial charge in [-0.1, -0.05) is 0 Å². The van der Waals surface area contributed by atoms with Gasteiger partial charge < -0.3 is 25.7 Å². The van der Waals surface area contributed by atoms with E-state index < -0.39 is 0 Å². The molecule has 0 saturated carbocycles. The number of nitrogens with two attached hydrogens (primary N) is 1. The first-order valence-electron chi connectivity index (χ1n) is 8.30. The van der Waals surface area contributed by atoms with E-state index in [1.807, 2.05) is 0 Å². The molecule has 4 atom stereocenters. The van der Waals surface area contributed by atoms with Crippen LogP contribution < -0.4 is 5.73 Å². The molecule has 0 heterocycles. The Balaban J connectivity index is 4.76. The van der Waals surface area contributed by atoms with Crippen LogP contribution in [0, 0.1) is 0 Å². The summed E-state index contributed by atoms with van der Waals surface area (Å²) in [6.45, 7) is 6.29. The van der Waals surface area contributed by atoms with Gasteiger partial charge in [0.25, 0.3) is 0 Å². The molecule has 0 radical (unpaired) electrons. The minimum absolute atomic E-state index is 0.384. The second kappa shape index (κ2) is 11.3. The molecular weight excluding hydrogens is 280 g/mol. The van der Waals surface area contributed by atoms with Gasteiger partial charge in [0.2, 0.25) is 0 Å². The minimum Gasteiger partial charge on any atom is -0.392 e. The molecule has 4 N–H and O–H groups in total. The monoisotopic (exact) mass is 318 g/mol. The molecule has 0 spiro atoms. The Hall–Kier alpha value is -0.240. The van der Waals surface area contributed by atoms with E-state index in [9.17, 15) is 10.2 Å². The maximum Gasteiger partial charge on any atom is 0.0639 e. The van der Waals surface area contributed by atoms with Crippen LogP contribution in [-0.4, -0.2) is 104 Å². The summed E-state index contributed by atoms with van der Waals surface area (Å²) in [6, 6.07) is 0.795. The van der Waals surface area contributed by atoms with Crippen molar-refractivity contribution in [2.45, 2.75) is 51.0 Å². The lowest BCUT2D eigenvalue weighted by Gasteiger charge is -2.38. The Morgan fingerprint density at radius 2 is 1.23 bits per heavy atom. The zero-order valence-corrected chi connectivity index (χ0v) is 15.4. The van der Waals surface area contributed by atoms with Gasteiger partial charge in [0.1, 0.15) is 0 Å². The molecule has 0 aromatic carbocycles. The van der Waals surface area contributed by atoms with E-state index in [1.54, 1.807) is 13.8 Å². The summed E-state index contributed by atoms with van der Waals surface area (Å²) in [5.41, 5.74) is 5.77. The molecule has 0 aliphatic heterocycles. The number of rotatable bonds is 12. The molecule has 22 heavy (non-hydrogen) atoms. The molecule has 0 bridgehead atoms. The lowest BCUT2D eigenvalue weighted by molar-refractivity contribution is 0.0689. The van der Waals surface area contributed by atoms with Crippen molar-refractivity contribution in [1.82, 2.24) is 14.7 Å². The summed E-state index contributed by atoms with van der Waals surface area (Å²) in [4.78, 5) is 6.63. The Labute approximate surface area is 136 Å². The van der Waals surface area contributed by atoms with Crippen LogP contribution in [0.2, 0.25) is 0 Å². The number of likely N-dealkylation sites (N-methyl/N-ethyl adjacent to an activating group) is 2. The maximum atomic E-state index is 9.63. The SMILES string of the molecule is CC(O)CN(CCC(C(CCN)N(C)C)N(C)C)CC(C)O. The third-order valence-corrected chi connectivity index (χ3v) is 4.02. The molecule has 0 fully saturated rings. The van der Waals surface area contributed by atoms with Crippen molar-refractivity contribution in [2.75, 3.05) is 54.4 Å². The maximum absolute atomic E-state index is 9.63. The molecule has 6 nitrogen and oxygen atoms in total. The smallest absolute Gasteiger partial charge is 0.0639 e. The Morgan fingerprint density at radius 3 is 1.55 bits per heavy atom. The molecule has 134 valence electrons. The van der Waals surface area contributed by atoms with Gasteiger partial charge in [0.15, 0.2) is 0 Å². The van der Waals surface area contributed by atoms with Gasteiger partial charge >= 0.3 is 0 Å². The van der Waals surface area contributed by atoms with E-state index in [-0.39, 0.29) is 12.2 Å². The number of nitrogens with zero attached hydrogens (tertiary/aromatic N) is 3. The van der Waals surface area contributed by atoms with Gasteiger partial charge in [-0.2, -0.15) is 0 Å². The summed E-state index contributed by atoms with van der Waals surface area (Å²) in [5.74, 6) is 0. The Bertz CT molecular complexity index is 263. The average Bonchev–Trinajstić information content (AvgIpc) is 2.35. The molecule has 0 rings (SSSR count). The fourth-order valence-corrected chi connectivity index (χ4v) is 3.08. The summed E-state index contributed by atoms with van der Waals surface area (Å²) < 4.78 is 0. The highest BCUT2D eigenvalue weighted by Crippen LogP contribution is 2.14. The summed E-state index contributed by atoms with van der Waals surface area (Å²) in [7, 11) is 8.40. The fraction of sp³-hybridized carbons (Fsp3) is 1.00. The Kier molecular flexibility index (Phi) is 11.2. The average molecular weight is 319 g/mol. The first-order chi connectivity index (χ1) is 10.2. The zero-order valence-electron chi connectivity index (χ0n) is 15.4. The number of hydrogen-bond acceptors (Lipinski definition) is 6. The highest BCUT2D eigenvalue weighted by molar-refractivity contribution is 4.84. The minimum atomic E-state index is -0.384. The van der Waals surface area contributed by atoms with Crippen molar-refractivity contribution in [3.8, 4) is 0 Å². The first-order valence-corrected chi connectivity index (χ1v) is 8.30. The van der Waals surface area contributed by atoms with Crippen molar-refractivity contribution in [3.05, 3.63) is 0 Å². The van der Waals surface area contributed by atoms with Crippen LogP contribution in [0.4, 0.5) is 0 Å². The molecule has 6 heteroatoms. The second-order valence-electron chi connectivity index (χ2n) is 6.89. The van der Waals surface area contributed by atoms with Crippen molar-refractivity contribution >= 4 is 0 Å². The molecule has 0 saturated heterocycles. The standard InChI is InChI=1S/C16H38N4O2/c1-13(21)11-20(12-14(2)22)10-8-16(19(5)6)15(7-9-17)18(3)4/h13-16,21-22H,7-12,17H2,1-6H3. The van der Waals surface area contributed by atoms with E-state index in [0.717, 1.165) is 19.4 Å². The van der Waals surface area contributed by atoms with Crippen molar-refractivity contribution in [1.29, 1.82) is 0 Å². The first kappa shape index (κ1) is 21.8. The van der Waals surface area contributed by atoms with Gasteiger partial charge in [0, 0.05) is 25.2 Å². The van der Waals surface area contributed by atoms with E-state index in [4.69, 9.17) is 5.73 Å². The third kappa shape index (κ3) is 9.02. The van der Waals surface area contributed by atoms with Gasteiger partial charge in [-0.05, 0) is 68.0 Å². The lowest BCUT2D eigenvalue weighted by atomic mass is 9.99.